The predicted octanol–water partition coefficient (Wildman–Crippen LogP) is 3.70. The zero-order valence-corrected chi connectivity index (χ0v) is 10.4. The van der Waals surface area contributed by atoms with Crippen LogP contribution in [0.2, 0.25) is 0 Å². The lowest BCUT2D eigenvalue weighted by Gasteiger charge is -2.11. The zero-order chi connectivity index (χ0) is 13.1. The third-order valence-electron chi connectivity index (χ3n) is 2.69. The molecule has 0 aliphatic rings. The van der Waals surface area contributed by atoms with E-state index in [1.54, 1.807) is 6.07 Å². The van der Waals surface area contributed by atoms with Gasteiger partial charge in [-0.2, -0.15) is 0 Å². The molecule has 2 aromatic rings. The Bertz CT molecular complexity index is 555. The van der Waals surface area contributed by atoms with E-state index in [2.05, 4.69) is 15.3 Å². The van der Waals surface area contributed by atoms with E-state index in [4.69, 9.17) is 0 Å². The van der Waals surface area contributed by atoms with Gasteiger partial charge in [0.05, 0.1) is 5.52 Å². The Morgan fingerprint density at radius 1 is 1.28 bits per heavy atom. The molecule has 1 heterocycles. The molecule has 0 aliphatic carbocycles. The highest BCUT2D eigenvalue weighted by atomic mass is 19.3. The highest BCUT2D eigenvalue weighted by Crippen LogP contribution is 2.26. The topological polar surface area (TPSA) is 37.8 Å². The average molecular weight is 251 g/mol. The van der Waals surface area contributed by atoms with Crippen molar-refractivity contribution in [2.45, 2.75) is 26.7 Å². The van der Waals surface area contributed by atoms with Gasteiger partial charge in [0.15, 0.2) is 5.82 Å². The number of nitrogens with one attached hydrogen (secondary N) is 1. The summed E-state index contributed by atoms with van der Waals surface area (Å²) in [5, 5.41) is 3.90. The summed E-state index contributed by atoms with van der Waals surface area (Å²) >= 11 is 0. The van der Waals surface area contributed by atoms with Gasteiger partial charge in [-0.3, -0.25) is 0 Å². The Balaban J connectivity index is 2.61. The molecule has 96 valence electrons. The first-order valence-electron chi connectivity index (χ1n) is 5.92. The fraction of sp³-hybridized carbons (Fsp3) is 0.385. The van der Waals surface area contributed by atoms with Crippen LogP contribution in [-0.2, 0) is 0 Å². The van der Waals surface area contributed by atoms with Gasteiger partial charge in [-0.05, 0) is 25.0 Å². The summed E-state index contributed by atoms with van der Waals surface area (Å²) in [5.74, 6) is 0.0713. The molecule has 0 radical (unpaired) electrons. The summed E-state index contributed by atoms with van der Waals surface area (Å²) in [7, 11) is 0. The predicted molar refractivity (Wildman–Crippen MR) is 68.0 cm³/mol. The molecule has 0 bridgehead atoms. The van der Waals surface area contributed by atoms with Gasteiger partial charge in [0.25, 0.3) is 6.43 Å². The Kier molecular flexibility index (Phi) is 3.69. The Morgan fingerprint density at radius 2 is 2.06 bits per heavy atom. The lowest BCUT2D eigenvalue weighted by Crippen LogP contribution is -2.07. The number of benzene rings is 1. The first-order valence-corrected chi connectivity index (χ1v) is 5.92. The molecule has 18 heavy (non-hydrogen) atoms. The van der Waals surface area contributed by atoms with E-state index in [1.807, 2.05) is 26.0 Å². The smallest absolute Gasteiger partial charge is 0.297 e. The number of hydrogen-bond donors (Lipinski definition) is 1. The molecule has 1 aromatic heterocycles. The molecule has 0 saturated heterocycles. The SMILES string of the molecule is CCCNc1nc(C(F)F)nc2cccc(C)c12. The molecule has 0 aliphatic heterocycles. The van der Waals surface area contributed by atoms with Gasteiger partial charge in [0.2, 0.25) is 0 Å². The molecule has 3 nitrogen and oxygen atoms in total. The lowest BCUT2D eigenvalue weighted by molar-refractivity contribution is 0.141. The number of rotatable bonds is 4. The molecular formula is C13H15F2N3. The van der Waals surface area contributed by atoms with Crippen LogP contribution in [0.3, 0.4) is 0 Å². The Morgan fingerprint density at radius 3 is 2.72 bits per heavy atom. The summed E-state index contributed by atoms with van der Waals surface area (Å²) in [5.41, 5.74) is 1.53. The molecule has 5 heteroatoms. The standard InChI is InChI=1S/C13H15F2N3/c1-3-7-16-12-10-8(2)5-4-6-9(10)17-13(18-12)11(14)15/h4-6,11H,3,7H2,1-2H3,(H,16,17,18). The Hall–Kier alpha value is -1.78. The summed E-state index contributed by atoms with van der Waals surface area (Å²) in [6.45, 7) is 4.63. The molecule has 0 spiro atoms. The van der Waals surface area contributed by atoms with Gasteiger partial charge in [-0.15, -0.1) is 0 Å². The van der Waals surface area contributed by atoms with Crippen LogP contribution in [0.5, 0.6) is 0 Å². The van der Waals surface area contributed by atoms with Gasteiger partial charge in [0.1, 0.15) is 5.82 Å². The van der Waals surface area contributed by atoms with E-state index in [1.165, 1.54) is 0 Å². The van der Waals surface area contributed by atoms with Gasteiger partial charge < -0.3 is 5.32 Å². The van der Waals surface area contributed by atoms with Gasteiger partial charge in [-0.25, -0.2) is 18.7 Å². The van der Waals surface area contributed by atoms with Crippen LogP contribution in [0.15, 0.2) is 18.2 Å². The fourth-order valence-electron chi connectivity index (χ4n) is 1.84. The summed E-state index contributed by atoms with van der Waals surface area (Å²) in [4.78, 5) is 7.83. The number of hydrogen-bond acceptors (Lipinski definition) is 3. The second-order valence-corrected chi connectivity index (χ2v) is 4.13. The van der Waals surface area contributed by atoms with Gasteiger partial charge in [-0.1, -0.05) is 19.1 Å². The minimum Gasteiger partial charge on any atom is -0.369 e. The number of alkyl halides is 2. The van der Waals surface area contributed by atoms with Gasteiger partial charge in [0, 0.05) is 11.9 Å². The van der Waals surface area contributed by atoms with Crippen molar-refractivity contribution in [1.29, 1.82) is 0 Å². The minimum absolute atomic E-state index is 0.424. The molecule has 1 aromatic carbocycles. The highest BCUT2D eigenvalue weighted by Gasteiger charge is 2.15. The van der Waals surface area contributed by atoms with E-state index >= 15 is 0 Å². The third kappa shape index (κ3) is 2.39. The molecule has 0 unspecified atom stereocenters. The second-order valence-electron chi connectivity index (χ2n) is 4.13. The fourth-order valence-corrected chi connectivity index (χ4v) is 1.84. The van der Waals surface area contributed by atoms with Gasteiger partial charge >= 0.3 is 0 Å². The maximum absolute atomic E-state index is 12.7. The van der Waals surface area contributed by atoms with Crippen LogP contribution >= 0.6 is 0 Å². The molecule has 2 rings (SSSR count). The van der Waals surface area contributed by atoms with Crippen LogP contribution in [0, 0.1) is 6.92 Å². The first-order chi connectivity index (χ1) is 8.63. The van der Waals surface area contributed by atoms with E-state index in [9.17, 15) is 8.78 Å². The summed E-state index contributed by atoms with van der Waals surface area (Å²) < 4.78 is 25.5. The van der Waals surface area contributed by atoms with E-state index in [0.29, 0.717) is 17.9 Å². The summed E-state index contributed by atoms with van der Waals surface area (Å²) in [6, 6.07) is 5.46. The van der Waals surface area contributed by atoms with Crippen molar-refractivity contribution in [2.75, 3.05) is 11.9 Å². The zero-order valence-electron chi connectivity index (χ0n) is 10.4. The maximum atomic E-state index is 12.7. The van der Waals surface area contributed by atoms with Crippen LogP contribution in [0.1, 0.15) is 31.2 Å². The second kappa shape index (κ2) is 5.25. The van der Waals surface area contributed by atoms with Crippen LogP contribution < -0.4 is 5.32 Å². The number of aryl methyl sites for hydroxylation is 1. The monoisotopic (exact) mass is 251 g/mol. The van der Waals surface area contributed by atoms with Crippen molar-refractivity contribution in [2.24, 2.45) is 0 Å². The van der Waals surface area contributed by atoms with E-state index in [-0.39, 0.29) is 0 Å². The molecule has 0 saturated carbocycles. The molecule has 0 amide bonds. The molecule has 0 fully saturated rings. The molecule has 0 atom stereocenters. The van der Waals surface area contributed by atoms with Crippen LogP contribution in [-0.4, -0.2) is 16.5 Å². The lowest BCUT2D eigenvalue weighted by atomic mass is 10.1. The first kappa shape index (κ1) is 12.7. The highest BCUT2D eigenvalue weighted by molar-refractivity contribution is 5.92. The number of aromatic nitrogens is 2. The number of fused-ring (bicyclic) bond motifs is 1. The quantitative estimate of drug-likeness (QED) is 0.900. The molecule has 1 N–H and O–H groups in total. The average Bonchev–Trinajstić information content (AvgIpc) is 2.35. The normalized spacial score (nSPS) is 11.2. The number of nitrogens with zero attached hydrogens (tertiary/aromatic N) is 2. The third-order valence-corrected chi connectivity index (χ3v) is 2.69. The number of halogens is 2. The number of anilines is 1. The van der Waals surface area contributed by atoms with Crippen molar-refractivity contribution in [3.8, 4) is 0 Å². The van der Waals surface area contributed by atoms with Crippen molar-refractivity contribution >= 4 is 16.7 Å². The molecular weight excluding hydrogens is 236 g/mol. The van der Waals surface area contributed by atoms with E-state index in [0.717, 1.165) is 17.4 Å². The van der Waals surface area contributed by atoms with Crippen LogP contribution in [0.4, 0.5) is 14.6 Å². The van der Waals surface area contributed by atoms with Crippen molar-refractivity contribution in [3.05, 3.63) is 29.6 Å². The largest absolute Gasteiger partial charge is 0.369 e. The van der Waals surface area contributed by atoms with Crippen molar-refractivity contribution in [3.63, 3.8) is 0 Å². The minimum atomic E-state index is -2.66. The van der Waals surface area contributed by atoms with Crippen molar-refractivity contribution < 1.29 is 8.78 Å². The van der Waals surface area contributed by atoms with Crippen molar-refractivity contribution in [1.82, 2.24) is 9.97 Å². The Labute approximate surface area is 104 Å². The van der Waals surface area contributed by atoms with Crippen LogP contribution in [0.25, 0.3) is 10.9 Å². The summed E-state index contributed by atoms with van der Waals surface area (Å²) in [6.07, 6.45) is -1.75. The maximum Gasteiger partial charge on any atom is 0.297 e. The van der Waals surface area contributed by atoms with E-state index < -0.39 is 12.2 Å².